The molecule has 2 N–H and O–H groups in total. The molecule has 0 amide bonds. The lowest BCUT2D eigenvalue weighted by atomic mass is 10.3. The summed E-state index contributed by atoms with van der Waals surface area (Å²) >= 11 is 1.15. The molecule has 0 unspecified atom stereocenters. The second-order valence-corrected chi connectivity index (χ2v) is 3.21. The van der Waals surface area contributed by atoms with Crippen LogP contribution < -0.4 is 14.6 Å². The van der Waals surface area contributed by atoms with Crippen molar-refractivity contribution in [2.75, 3.05) is 13.2 Å². The van der Waals surface area contributed by atoms with Gasteiger partial charge in [-0.1, -0.05) is 6.07 Å². The summed E-state index contributed by atoms with van der Waals surface area (Å²) in [6, 6.07) is 5.68. The van der Waals surface area contributed by atoms with Crippen LogP contribution in [-0.4, -0.2) is 13.2 Å². The predicted molar refractivity (Wildman–Crippen MR) is 58.8 cm³/mol. The van der Waals surface area contributed by atoms with Crippen molar-refractivity contribution in [3.8, 4) is 11.5 Å². The lowest BCUT2D eigenvalue weighted by molar-refractivity contribution is 0.308. The quantitative estimate of drug-likeness (QED) is 0.763. The van der Waals surface area contributed by atoms with Gasteiger partial charge < -0.3 is 9.47 Å². The van der Waals surface area contributed by atoms with Crippen molar-refractivity contribution in [3.63, 3.8) is 0 Å². The van der Waals surface area contributed by atoms with Gasteiger partial charge >= 0.3 is 0 Å². The third kappa shape index (κ3) is 2.56. The fourth-order valence-corrected chi connectivity index (χ4v) is 1.64. The lowest BCUT2D eigenvalue weighted by Gasteiger charge is -2.12. The second kappa shape index (κ2) is 5.78. The van der Waals surface area contributed by atoms with Crippen LogP contribution in [0, 0.1) is 0 Å². The molecule has 0 aliphatic heterocycles. The fraction of sp³-hybridized carbons (Fsp3) is 0.400. The molecule has 1 aromatic rings. The molecular formula is C10H15NO2S. The first-order chi connectivity index (χ1) is 6.83. The third-order valence-corrected chi connectivity index (χ3v) is 2.30. The van der Waals surface area contributed by atoms with Crippen molar-refractivity contribution in [1.29, 1.82) is 0 Å². The largest absolute Gasteiger partial charge is 0.493 e. The number of ether oxygens (including phenoxy) is 2. The van der Waals surface area contributed by atoms with E-state index < -0.39 is 0 Å². The zero-order valence-electron chi connectivity index (χ0n) is 8.45. The minimum Gasteiger partial charge on any atom is -0.493 e. The highest BCUT2D eigenvalue weighted by Gasteiger charge is 2.09. The summed E-state index contributed by atoms with van der Waals surface area (Å²) in [5.41, 5.74) is 0. The Hall–Kier alpha value is -0.870. The summed E-state index contributed by atoms with van der Waals surface area (Å²) in [6.07, 6.45) is 0. The van der Waals surface area contributed by atoms with Crippen molar-refractivity contribution < 1.29 is 9.47 Å². The first-order valence-electron chi connectivity index (χ1n) is 4.58. The Morgan fingerprint density at radius 3 is 2.00 bits per heavy atom. The summed E-state index contributed by atoms with van der Waals surface area (Å²) in [5, 5.41) is 5.57. The Kier molecular flexibility index (Phi) is 4.62. The topological polar surface area (TPSA) is 44.5 Å². The average molecular weight is 213 g/mol. The molecule has 0 heterocycles. The van der Waals surface area contributed by atoms with Gasteiger partial charge in [-0.3, -0.25) is 5.14 Å². The molecule has 4 heteroatoms. The smallest absolute Gasteiger partial charge is 0.137 e. The van der Waals surface area contributed by atoms with E-state index in [1.165, 1.54) is 0 Å². The lowest BCUT2D eigenvalue weighted by Crippen LogP contribution is -1.99. The van der Waals surface area contributed by atoms with Gasteiger partial charge in [0.2, 0.25) is 0 Å². The molecule has 0 bridgehead atoms. The molecule has 14 heavy (non-hydrogen) atoms. The Balaban J connectivity index is 2.98. The van der Waals surface area contributed by atoms with Gasteiger partial charge in [0.1, 0.15) is 16.4 Å². The molecule has 0 saturated carbocycles. The van der Waals surface area contributed by atoms with E-state index in [-0.39, 0.29) is 0 Å². The molecule has 0 fully saturated rings. The average Bonchev–Trinajstić information content (AvgIpc) is 2.19. The molecule has 1 aromatic carbocycles. The van der Waals surface area contributed by atoms with Crippen molar-refractivity contribution in [2.45, 2.75) is 18.7 Å². The molecular weight excluding hydrogens is 198 g/mol. The Morgan fingerprint density at radius 2 is 1.64 bits per heavy atom. The minimum atomic E-state index is 0.628. The number of nitrogens with two attached hydrogens (primary N) is 1. The van der Waals surface area contributed by atoms with Gasteiger partial charge in [-0.15, -0.1) is 0 Å². The van der Waals surface area contributed by atoms with E-state index in [4.69, 9.17) is 14.6 Å². The monoisotopic (exact) mass is 213 g/mol. The highest BCUT2D eigenvalue weighted by Crippen LogP contribution is 2.35. The normalized spacial score (nSPS) is 9.93. The molecule has 3 nitrogen and oxygen atoms in total. The van der Waals surface area contributed by atoms with Crippen LogP contribution in [0.25, 0.3) is 0 Å². The predicted octanol–water partition coefficient (Wildman–Crippen LogP) is 2.45. The van der Waals surface area contributed by atoms with Crippen molar-refractivity contribution in [3.05, 3.63) is 18.2 Å². The highest BCUT2D eigenvalue weighted by molar-refractivity contribution is 7.97. The number of rotatable bonds is 5. The van der Waals surface area contributed by atoms with Crippen molar-refractivity contribution in [1.82, 2.24) is 0 Å². The molecule has 0 aliphatic rings. The summed E-state index contributed by atoms with van der Waals surface area (Å²) in [7, 11) is 0. The third-order valence-electron chi connectivity index (χ3n) is 1.66. The zero-order valence-corrected chi connectivity index (χ0v) is 9.26. The van der Waals surface area contributed by atoms with E-state index in [1.807, 2.05) is 32.0 Å². The van der Waals surface area contributed by atoms with Gasteiger partial charge in [0.05, 0.1) is 13.2 Å². The number of hydrogen-bond donors (Lipinski definition) is 1. The van der Waals surface area contributed by atoms with E-state index in [0.29, 0.717) is 13.2 Å². The molecule has 0 aromatic heterocycles. The first-order valence-corrected chi connectivity index (χ1v) is 5.46. The standard InChI is InChI=1S/C10H15NO2S/c1-3-12-8-6-5-7-9(13-4-2)10(8)14-11/h5-7H,3-4,11H2,1-2H3. The minimum absolute atomic E-state index is 0.628. The number of benzene rings is 1. The number of hydrogen-bond acceptors (Lipinski definition) is 4. The van der Waals surface area contributed by atoms with E-state index in [1.54, 1.807) is 0 Å². The second-order valence-electron chi connectivity index (χ2n) is 2.57. The van der Waals surface area contributed by atoms with Crippen LogP contribution in [-0.2, 0) is 0 Å². The van der Waals surface area contributed by atoms with Gasteiger partial charge in [-0.25, -0.2) is 0 Å². The summed E-state index contributed by atoms with van der Waals surface area (Å²) in [6.45, 7) is 5.14. The van der Waals surface area contributed by atoms with E-state index in [2.05, 4.69) is 0 Å². The Labute approximate surface area is 88.7 Å². The zero-order chi connectivity index (χ0) is 10.4. The van der Waals surface area contributed by atoms with Crippen LogP contribution in [0.3, 0.4) is 0 Å². The fourth-order valence-electron chi connectivity index (χ4n) is 1.15. The SMILES string of the molecule is CCOc1cccc(OCC)c1SN. The van der Waals surface area contributed by atoms with E-state index in [9.17, 15) is 0 Å². The Morgan fingerprint density at radius 1 is 1.14 bits per heavy atom. The summed E-state index contributed by atoms with van der Waals surface area (Å²) < 4.78 is 10.9. The Bertz CT molecular complexity index is 267. The summed E-state index contributed by atoms with van der Waals surface area (Å²) in [4.78, 5) is 0.858. The van der Waals surface area contributed by atoms with Crippen LogP contribution in [0.15, 0.2) is 23.1 Å². The maximum Gasteiger partial charge on any atom is 0.137 e. The molecule has 78 valence electrons. The van der Waals surface area contributed by atoms with Crippen LogP contribution in [0.2, 0.25) is 0 Å². The van der Waals surface area contributed by atoms with E-state index in [0.717, 1.165) is 28.3 Å². The molecule has 0 spiro atoms. The van der Waals surface area contributed by atoms with Gasteiger partial charge in [0.15, 0.2) is 0 Å². The molecule has 1 rings (SSSR count). The van der Waals surface area contributed by atoms with Gasteiger partial charge in [-0.05, 0) is 37.9 Å². The highest BCUT2D eigenvalue weighted by atomic mass is 32.2. The van der Waals surface area contributed by atoms with E-state index >= 15 is 0 Å². The summed E-state index contributed by atoms with van der Waals surface area (Å²) in [5.74, 6) is 1.57. The molecule has 0 radical (unpaired) electrons. The maximum atomic E-state index is 5.57. The van der Waals surface area contributed by atoms with Crippen LogP contribution in [0.4, 0.5) is 0 Å². The molecule has 0 saturated heterocycles. The van der Waals surface area contributed by atoms with Crippen LogP contribution in [0.5, 0.6) is 11.5 Å². The van der Waals surface area contributed by atoms with Gasteiger partial charge in [-0.2, -0.15) is 0 Å². The molecule has 0 atom stereocenters. The first kappa shape index (κ1) is 11.2. The van der Waals surface area contributed by atoms with Gasteiger partial charge in [0, 0.05) is 0 Å². The van der Waals surface area contributed by atoms with Crippen molar-refractivity contribution in [2.24, 2.45) is 5.14 Å². The van der Waals surface area contributed by atoms with Crippen LogP contribution in [0.1, 0.15) is 13.8 Å². The van der Waals surface area contributed by atoms with Crippen LogP contribution >= 0.6 is 11.9 Å². The maximum absolute atomic E-state index is 5.57. The van der Waals surface area contributed by atoms with Crippen molar-refractivity contribution >= 4 is 11.9 Å². The van der Waals surface area contributed by atoms with Gasteiger partial charge in [0.25, 0.3) is 0 Å². The molecule has 0 aliphatic carbocycles.